The smallest absolute Gasteiger partial charge is 0.0541 e. The van der Waals surface area contributed by atoms with Gasteiger partial charge >= 0.3 is 0 Å². The average Bonchev–Trinajstić information content (AvgIpc) is 3.78. The molecule has 0 saturated heterocycles. The van der Waals surface area contributed by atoms with E-state index in [0.29, 0.717) is 0 Å². The van der Waals surface area contributed by atoms with Crippen LogP contribution in [0.25, 0.3) is 81.8 Å². The van der Waals surface area contributed by atoms with E-state index in [4.69, 9.17) is 0 Å². The lowest BCUT2D eigenvalue weighted by Crippen LogP contribution is -1.94. The number of hydrogen-bond donors (Lipinski definition) is 0. The molecule has 0 saturated carbocycles. The summed E-state index contributed by atoms with van der Waals surface area (Å²) in [5.74, 6) is 0. The Morgan fingerprint density at radius 2 is 0.918 bits per heavy atom. The zero-order valence-corrected chi connectivity index (χ0v) is 29.2. The summed E-state index contributed by atoms with van der Waals surface area (Å²) in [6.07, 6.45) is 5.74. The molecule has 0 aliphatic carbocycles. The van der Waals surface area contributed by atoms with Crippen molar-refractivity contribution in [2.45, 2.75) is 0 Å². The van der Waals surface area contributed by atoms with Crippen molar-refractivity contribution < 1.29 is 0 Å². The molecule has 0 radical (unpaired) electrons. The van der Waals surface area contributed by atoms with E-state index in [9.17, 15) is 0 Å². The predicted octanol–water partition coefficient (Wildman–Crippen LogP) is 14.2. The van der Waals surface area contributed by atoms with E-state index in [-0.39, 0.29) is 0 Å². The third kappa shape index (κ3) is 5.93. The standard InChI is InChI=1S/C46H32BrNS/c1-3-8-40(4-2)48-43-25-21-37(33-13-11-31(12-14-33)32-19-23-39(47)24-20-32)29-41(43)42-30-38(22-26-44(42)48)34-15-17-36(18-16-34)46-28-27-45(49-46)35-9-6-5-7-10-35/h3-30H,1-2H2/b40-8+. The first-order valence-electron chi connectivity index (χ1n) is 16.3. The summed E-state index contributed by atoms with van der Waals surface area (Å²) < 4.78 is 3.37. The maximum absolute atomic E-state index is 4.13. The van der Waals surface area contributed by atoms with Gasteiger partial charge in [0.1, 0.15) is 0 Å². The van der Waals surface area contributed by atoms with Gasteiger partial charge in [-0.25, -0.2) is 0 Å². The molecule has 0 aliphatic heterocycles. The molecule has 0 bridgehead atoms. The van der Waals surface area contributed by atoms with Gasteiger partial charge in [0, 0.05) is 30.7 Å². The highest BCUT2D eigenvalue weighted by molar-refractivity contribution is 9.10. The summed E-state index contributed by atoms with van der Waals surface area (Å²) in [7, 11) is 0. The highest BCUT2D eigenvalue weighted by Gasteiger charge is 2.15. The Bertz CT molecular complexity index is 2490. The SMILES string of the molecule is C=C/C=C(\C=C)n1c2ccc(-c3ccc(-c4ccc(Br)cc4)cc3)cc2c2cc(-c3ccc(-c4ccc(-c5ccccc5)s4)cc3)ccc21. The number of allylic oxidation sites excluding steroid dienone is 4. The summed E-state index contributed by atoms with van der Waals surface area (Å²) >= 11 is 5.37. The van der Waals surface area contributed by atoms with Gasteiger partial charge in [-0.3, -0.25) is 0 Å². The van der Waals surface area contributed by atoms with Gasteiger partial charge in [0.25, 0.3) is 0 Å². The number of benzene rings is 6. The Morgan fingerprint density at radius 3 is 1.41 bits per heavy atom. The lowest BCUT2D eigenvalue weighted by atomic mass is 9.98. The first-order chi connectivity index (χ1) is 24.1. The summed E-state index contributed by atoms with van der Waals surface area (Å²) in [4.78, 5) is 2.55. The zero-order chi connectivity index (χ0) is 33.3. The van der Waals surface area contributed by atoms with Crippen molar-refractivity contribution in [1.82, 2.24) is 4.57 Å². The molecule has 3 heteroatoms. The maximum Gasteiger partial charge on any atom is 0.0541 e. The third-order valence-corrected chi connectivity index (χ3v) is 10.8. The molecular weight excluding hydrogens is 678 g/mol. The van der Waals surface area contributed by atoms with E-state index in [1.807, 2.05) is 29.6 Å². The number of nitrogens with zero attached hydrogens (tertiary/aromatic N) is 1. The topological polar surface area (TPSA) is 4.93 Å². The summed E-state index contributed by atoms with van der Waals surface area (Å²) in [5.41, 5.74) is 12.9. The summed E-state index contributed by atoms with van der Waals surface area (Å²) in [5, 5.41) is 2.40. The number of rotatable bonds is 8. The quantitative estimate of drug-likeness (QED) is 0.138. The predicted molar refractivity (Wildman–Crippen MR) is 217 cm³/mol. The number of halogens is 1. The first-order valence-corrected chi connectivity index (χ1v) is 17.9. The molecular formula is C46H32BrNS. The number of aromatic nitrogens is 1. The van der Waals surface area contributed by atoms with Crippen LogP contribution in [0.5, 0.6) is 0 Å². The number of fused-ring (bicyclic) bond motifs is 3. The molecule has 2 aromatic heterocycles. The second kappa shape index (κ2) is 13.2. The van der Waals surface area contributed by atoms with Crippen LogP contribution in [0, 0.1) is 0 Å². The molecule has 0 unspecified atom stereocenters. The monoisotopic (exact) mass is 709 g/mol. The van der Waals surface area contributed by atoms with Gasteiger partial charge in [-0.2, -0.15) is 0 Å². The van der Waals surface area contributed by atoms with Crippen LogP contribution in [0.4, 0.5) is 0 Å². The average molecular weight is 711 g/mol. The van der Waals surface area contributed by atoms with Gasteiger partial charge in [0.2, 0.25) is 0 Å². The van der Waals surface area contributed by atoms with E-state index in [1.54, 1.807) is 0 Å². The molecule has 6 aromatic carbocycles. The molecule has 2 heterocycles. The van der Waals surface area contributed by atoms with Gasteiger partial charge in [0.05, 0.1) is 11.0 Å². The van der Waals surface area contributed by atoms with Crippen molar-refractivity contribution in [2.24, 2.45) is 0 Å². The fraction of sp³-hybridized carbons (Fsp3) is 0. The van der Waals surface area contributed by atoms with Crippen LogP contribution in [0.1, 0.15) is 0 Å². The molecule has 8 aromatic rings. The normalized spacial score (nSPS) is 11.7. The zero-order valence-electron chi connectivity index (χ0n) is 26.8. The summed E-state index contributed by atoms with van der Waals surface area (Å²) in [6.45, 7) is 8.10. The van der Waals surface area contributed by atoms with Gasteiger partial charge in [-0.15, -0.1) is 11.3 Å². The van der Waals surface area contributed by atoms with Crippen LogP contribution in [-0.4, -0.2) is 4.57 Å². The van der Waals surface area contributed by atoms with Gasteiger partial charge in [-0.1, -0.05) is 138 Å². The van der Waals surface area contributed by atoms with Crippen LogP contribution >= 0.6 is 27.3 Å². The molecule has 0 atom stereocenters. The third-order valence-electron chi connectivity index (χ3n) is 9.08. The lowest BCUT2D eigenvalue weighted by Gasteiger charge is -2.09. The molecule has 0 spiro atoms. The van der Waals surface area contributed by atoms with Crippen molar-refractivity contribution in [1.29, 1.82) is 0 Å². The highest BCUT2D eigenvalue weighted by Crippen LogP contribution is 2.39. The second-order valence-electron chi connectivity index (χ2n) is 12.0. The first kappa shape index (κ1) is 30.8. The Labute approximate surface area is 299 Å². The van der Waals surface area contributed by atoms with Crippen LogP contribution in [0.2, 0.25) is 0 Å². The van der Waals surface area contributed by atoms with Gasteiger partial charge in [0.15, 0.2) is 0 Å². The molecule has 1 nitrogen and oxygen atoms in total. The van der Waals surface area contributed by atoms with E-state index in [1.165, 1.54) is 65.0 Å². The van der Waals surface area contributed by atoms with Crippen LogP contribution < -0.4 is 0 Å². The van der Waals surface area contributed by atoms with Crippen LogP contribution in [-0.2, 0) is 0 Å². The Kier molecular flexibility index (Phi) is 8.30. The van der Waals surface area contributed by atoms with Crippen molar-refractivity contribution >= 4 is 54.8 Å². The molecule has 8 rings (SSSR count). The van der Waals surface area contributed by atoms with E-state index >= 15 is 0 Å². The molecule has 0 N–H and O–H groups in total. The van der Waals surface area contributed by atoms with Crippen LogP contribution in [0.3, 0.4) is 0 Å². The summed E-state index contributed by atoms with van der Waals surface area (Å²) in [6, 6.07) is 54.8. The molecule has 0 fully saturated rings. The van der Waals surface area contributed by atoms with Crippen molar-refractivity contribution in [3.8, 4) is 54.3 Å². The fourth-order valence-electron chi connectivity index (χ4n) is 6.59. The number of hydrogen-bond acceptors (Lipinski definition) is 1. The van der Waals surface area contributed by atoms with Gasteiger partial charge < -0.3 is 4.57 Å². The Morgan fingerprint density at radius 1 is 0.490 bits per heavy atom. The van der Waals surface area contributed by atoms with E-state index in [2.05, 4.69) is 185 Å². The van der Waals surface area contributed by atoms with E-state index < -0.39 is 0 Å². The largest absolute Gasteiger partial charge is 0.309 e. The molecule has 0 amide bonds. The van der Waals surface area contributed by atoms with Crippen molar-refractivity contribution in [3.05, 3.63) is 188 Å². The minimum Gasteiger partial charge on any atom is -0.309 e. The van der Waals surface area contributed by atoms with Crippen LogP contribution in [0.15, 0.2) is 188 Å². The van der Waals surface area contributed by atoms with E-state index in [0.717, 1.165) is 21.2 Å². The van der Waals surface area contributed by atoms with Crippen molar-refractivity contribution in [2.75, 3.05) is 0 Å². The molecule has 0 aliphatic rings. The minimum atomic E-state index is 0.990. The highest BCUT2D eigenvalue weighted by atomic mass is 79.9. The fourth-order valence-corrected chi connectivity index (χ4v) is 7.87. The second-order valence-corrected chi connectivity index (χ2v) is 14.0. The molecule has 234 valence electrons. The molecule has 49 heavy (non-hydrogen) atoms. The van der Waals surface area contributed by atoms with Gasteiger partial charge in [-0.05, 0) is 105 Å². The number of thiophene rings is 1. The minimum absolute atomic E-state index is 0.990. The maximum atomic E-state index is 4.13. The van der Waals surface area contributed by atoms with Crippen molar-refractivity contribution in [3.63, 3.8) is 0 Å². The Balaban J connectivity index is 1.19. The Hall–Kier alpha value is -5.48. The lowest BCUT2D eigenvalue weighted by molar-refractivity contribution is 1.24.